The summed E-state index contributed by atoms with van der Waals surface area (Å²) in [6.45, 7) is 2.76. The van der Waals surface area contributed by atoms with E-state index in [2.05, 4.69) is 10.3 Å². The first-order valence-electron chi connectivity index (χ1n) is 5.71. The molecule has 1 amide bonds. The van der Waals surface area contributed by atoms with Crippen molar-refractivity contribution in [1.29, 1.82) is 0 Å². The number of nitrogens with one attached hydrogen (secondary N) is 1. The van der Waals surface area contributed by atoms with Crippen LogP contribution < -0.4 is 5.32 Å². The smallest absolute Gasteiger partial charge is 0.328 e. The number of aliphatic hydroxyl groups excluding tert-OH is 1. The average Bonchev–Trinajstić information content (AvgIpc) is 2.36. The molecular formula is C12H16N2O5. The van der Waals surface area contributed by atoms with Crippen molar-refractivity contribution in [1.82, 2.24) is 10.3 Å². The molecule has 7 nitrogen and oxygen atoms in total. The Morgan fingerprint density at radius 1 is 1.47 bits per heavy atom. The molecule has 0 aromatic carbocycles. The van der Waals surface area contributed by atoms with E-state index in [9.17, 15) is 14.7 Å². The van der Waals surface area contributed by atoms with E-state index in [1.54, 1.807) is 0 Å². The molecular weight excluding hydrogens is 252 g/mol. The zero-order valence-electron chi connectivity index (χ0n) is 10.7. The zero-order valence-corrected chi connectivity index (χ0v) is 10.7. The van der Waals surface area contributed by atoms with E-state index in [0.717, 1.165) is 0 Å². The lowest BCUT2D eigenvalue weighted by atomic mass is 10.2. The van der Waals surface area contributed by atoms with Gasteiger partial charge in [0, 0.05) is 6.20 Å². The Morgan fingerprint density at radius 3 is 2.74 bits per heavy atom. The largest absolute Gasteiger partial charge is 0.505 e. The van der Waals surface area contributed by atoms with Crippen LogP contribution in [0.25, 0.3) is 0 Å². The van der Waals surface area contributed by atoms with Gasteiger partial charge in [0.25, 0.3) is 5.91 Å². The highest BCUT2D eigenvalue weighted by Gasteiger charge is 2.20. The summed E-state index contributed by atoms with van der Waals surface area (Å²) in [7, 11) is 0. The summed E-state index contributed by atoms with van der Waals surface area (Å²) >= 11 is 0. The van der Waals surface area contributed by atoms with Gasteiger partial charge in [-0.15, -0.1) is 0 Å². The van der Waals surface area contributed by atoms with Gasteiger partial charge in [0.1, 0.15) is 18.4 Å². The predicted octanol–water partition coefficient (Wildman–Crippen LogP) is -0.171. The second-order valence-electron chi connectivity index (χ2n) is 4.05. The normalized spacial score (nSPS) is 13.4. The molecule has 0 unspecified atom stereocenters. The highest BCUT2D eigenvalue weighted by Crippen LogP contribution is 2.12. The molecule has 3 N–H and O–H groups in total. The van der Waals surface area contributed by atoms with Crippen LogP contribution in [0.3, 0.4) is 0 Å². The third kappa shape index (κ3) is 4.55. The van der Waals surface area contributed by atoms with Gasteiger partial charge in [-0.05, 0) is 26.0 Å². The van der Waals surface area contributed by atoms with Crippen LogP contribution in [0.4, 0.5) is 0 Å². The molecule has 2 atom stereocenters. The minimum Gasteiger partial charge on any atom is -0.505 e. The summed E-state index contributed by atoms with van der Waals surface area (Å²) in [6, 6.07) is 1.89. The third-order valence-electron chi connectivity index (χ3n) is 2.17. The van der Waals surface area contributed by atoms with Crippen LogP contribution in [0.1, 0.15) is 24.3 Å². The number of esters is 1. The molecule has 7 heteroatoms. The number of hydrogen-bond acceptors (Lipinski definition) is 6. The third-order valence-corrected chi connectivity index (χ3v) is 2.17. The summed E-state index contributed by atoms with van der Waals surface area (Å²) in [4.78, 5) is 26.9. The minimum atomic E-state index is -0.910. The van der Waals surface area contributed by atoms with Gasteiger partial charge in [-0.2, -0.15) is 0 Å². The van der Waals surface area contributed by atoms with Gasteiger partial charge in [-0.3, -0.25) is 4.79 Å². The Kier molecular flexibility index (Phi) is 5.25. The second-order valence-corrected chi connectivity index (χ2v) is 4.05. The number of amides is 1. The van der Waals surface area contributed by atoms with E-state index in [1.165, 1.54) is 32.2 Å². The van der Waals surface area contributed by atoms with Crippen LogP contribution >= 0.6 is 0 Å². The molecule has 104 valence electrons. The Morgan fingerprint density at radius 2 is 2.16 bits per heavy atom. The van der Waals surface area contributed by atoms with Crippen molar-refractivity contribution in [2.24, 2.45) is 0 Å². The number of aromatic nitrogens is 1. The van der Waals surface area contributed by atoms with E-state index in [0.29, 0.717) is 0 Å². The van der Waals surface area contributed by atoms with Crippen molar-refractivity contribution in [3.05, 3.63) is 24.0 Å². The van der Waals surface area contributed by atoms with Gasteiger partial charge in [0.05, 0.1) is 6.10 Å². The molecule has 1 heterocycles. The molecule has 0 bridgehead atoms. The van der Waals surface area contributed by atoms with Gasteiger partial charge in [0.2, 0.25) is 0 Å². The lowest BCUT2D eigenvalue weighted by Gasteiger charge is -2.14. The standard InChI is InChI=1S/C12H16N2O5/c1-7(15)6-19-12(18)8(2)14-11(17)10-9(16)4-3-5-13-10/h3-5,7-8,15-16H,6H2,1-2H3,(H,14,17)/t7-,8-/m0/s1. The van der Waals surface area contributed by atoms with Crippen molar-refractivity contribution >= 4 is 11.9 Å². The predicted molar refractivity (Wildman–Crippen MR) is 65.5 cm³/mol. The summed E-state index contributed by atoms with van der Waals surface area (Å²) in [5.74, 6) is -1.63. The van der Waals surface area contributed by atoms with Gasteiger partial charge < -0.3 is 20.3 Å². The molecule has 0 aliphatic rings. The number of carbonyl (C=O) groups is 2. The van der Waals surface area contributed by atoms with Gasteiger partial charge >= 0.3 is 5.97 Å². The molecule has 1 rings (SSSR count). The van der Waals surface area contributed by atoms with Gasteiger partial charge in [0.15, 0.2) is 5.69 Å². The molecule has 1 aromatic rings. The molecule has 19 heavy (non-hydrogen) atoms. The molecule has 0 aliphatic carbocycles. The Balaban J connectivity index is 2.57. The highest BCUT2D eigenvalue weighted by atomic mass is 16.5. The Labute approximate surface area is 110 Å². The van der Waals surface area contributed by atoms with Crippen LogP contribution in [0.5, 0.6) is 5.75 Å². The molecule has 0 fully saturated rings. The summed E-state index contributed by atoms with van der Waals surface area (Å²) in [5.41, 5.74) is -0.169. The van der Waals surface area contributed by atoms with E-state index < -0.39 is 24.0 Å². The van der Waals surface area contributed by atoms with Crippen molar-refractivity contribution < 1.29 is 24.5 Å². The Bertz CT molecular complexity index is 461. The molecule has 0 aliphatic heterocycles. The first kappa shape index (κ1) is 14.9. The molecule has 0 saturated carbocycles. The Hall–Kier alpha value is -2.15. The maximum atomic E-state index is 11.7. The van der Waals surface area contributed by atoms with Crippen molar-refractivity contribution in [3.63, 3.8) is 0 Å². The van der Waals surface area contributed by atoms with Gasteiger partial charge in [-0.25, -0.2) is 9.78 Å². The number of rotatable bonds is 5. The fourth-order valence-electron chi connectivity index (χ4n) is 1.22. The van der Waals surface area contributed by atoms with E-state index in [4.69, 9.17) is 9.84 Å². The van der Waals surface area contributed by atoms with Crippen LogP contribution in [-0.4, -0.2) is 45.8 Å². The van der Waals surface area contributed by atoms with E-state index in [1.807, 2.05) is 0 Å². The summed E-state index contributed by atoms with van der Waals surface area (Å²) in [6.07, 6.45) is 0.581. The first-order valence-corrected chi connectivity index (χ1v) is 5.71. The monoisotopic (exact) mass is 268 g/mol. The molecule has 0 saturated heterocycles. The quantitative estimate of drug-likeness (QED) is 0.640. The zero-order chi connectivity index (χ0) is 14.4. The van der Waals surface area contributed by atoms with Crippen LogP contribution in [0.15, 0.2) is 18.3 Å². The van der Waals surface area contributed by atoms with E-state index >= 15 is 0 Å². The topological polar surface area (TPSA) is 109 Å². The SMILES string of the molecule is C[C@H](O)COC(=O)[C@H](C)NC(=O)c1ncccc1O. The lowest BCUT2D eigenvalue weighted by Crippen LogP contribution is -2.40. The number of pyridine rings is 1. The number of ether oxygens (including phenoxy) is 1. The minimum absolute atomic E-state index is 0.145. The average molecular weight is 268 g/mol. The maximum absolute atomic E-state index is 11.7. The fourth-order valence-corrected chi connectivity index (χ4v) is 1.22. The summed E-state index contributed by atoms with van der Waals surface area (Å²) < 4.78 is 4.75. The highest BCUT2D eigenvalue weighted by molar-refractivity contribution is 5.97. The van der Waals surface area contributed by atoms with Crippen LogP contribution in [0, 0.1) is 0 Å². The van der Waals surface area contributed by atoms with Crippen molar-refractivity contribution in [3.8, 4) is 5.75 Å². The molecule has 0 radical (unpaired) electrons. The van der Waals surface area contributed by atoms with Crippen LogP contribution in [0.2, 0.25) is 0 Å². The molecule has 1 aromatic heterocycles. The number of carbonyl (C=O) groups excluding carboxylic acids is 2. The second kappa shape index (κ2) is 6.69. The van der Waals surface area contributed by atoms with Gasteiger partial charge in [-0.1, -0.05) is 0 Å². The number of aromatic hydroxyl groups is 1. The van der Waals surface area contributed by atoms with Crippen LogP contribution in [-0.2, 0) is 9.53 Å². The first-order chi connectivity index (χ1) is 8.91. The molecule has 0 spiro atoms. The number of nitrogens with zero attached hydrogens (tertiary/aromatic N) is 1. The number of hydrogen-bond donors (Lipinski definition) is 3. The fraction of sp³-hybridized carbons (Fsp3) is 0.417. The maximum Gasteiger partial charge on any atom is 0.328 e. The van der Waals surface area contributed by atoms with Crippen molar-refractivity contribution in [2.45, 2.75) is 26.0 Å². The summed E-state index contributed by atoms with van der Waals surface area (Å²) in [5, 5.41) is 20.8. The lowest BCUT2D eigenvalue weighted by molar-refractivity contribution is -0.148. The van der Waals surface area contributed by atoms with E-state index in [-0.39, 0.29) is 18.1 Å². The number of aliphatic hydroxyl groups is 1. The van der Waals surface area contributed by atoms with Crippen molar-refractivity contribution in [2.75, 3.05) is 6.61 Å².